The molecule has 0 bridgehead atoms. The van der Waals surface area contributed by atoms with Gasteiger partial charge in [-0.3, -0.25) is 0 Å². The van der Waals surface area contributed by atoms with Crippen molar-refractivity contribution < 1.29 is 0 Å². The first-order valence-electron chi connectivity index (χ1n) is 21.4. The fourth-order valence-electron chi connectivity index (χ4n) is 9.49. The summed E-state index contributed by atoms with van der Waals surface area (Å²) >= 11 is 0. The first-order valence-corrected chi connectivity index (χ1v) is 21.4. The quantitative estimate of drug-likeness (QED) is 0.106. The van der Waals surface area contributed by atoms with Gasteiger partial charge in [0.1, 0.15) is 0 Å². The Hall–Kier alpha value is -8.06. The summed E-state index contributed by atoms with van der Waals surface area (Å²) in [6.45, 7) is 0. The third-order valence-electron chi connectivity index (χ3n) is 12.3. The summed E-state index contributed by atoms with van der Waals surface area (Å²) < 4.78 is 0. The molecule has 11 aromatic carbocycles. The van der Waals surface area contributed by atoms with Gasteiger partial charge in [0.05, 0.1) is 0 Å². The second kappa shape index (κ2) is 16.2. The Morgan fingerprint density at radius 1 is 0.210 bits per heavy atom. The van der Waals surface area contributed by atoms with Gasteiger partial charge in [-0.1, -0.05) is 243 Å². The minimum Gasteiger partial charge on any atom is -0.0622 e. The molecule has 0 atom stereocenters. The zero-order chi connectivity index (χ0) is 41.2. The van der Waals surface area contributed by atoms with Crippen LogP contribution in [0.25, 0.3) is 88.6 Å². The molecule has 0 heterocycles. The zero-order valence-electron chi connectivity index (χ0n) is 34.2. The molecule has 0 unspecified atom stereocenters. The summed E-state index contributed by atoms with van der Waals surface area (Å²) in [6.07, 6.45) is 4.81. The Morgan fingerprint density at radius 2 is 0.419 bits per heavy atom. The molecule has 0 radical (unpaired) electrons. The maximum atomic E-state index is 2.40. The van der Waals surface area contributed by atoms with Crippen LogP contribution in [0.15, 0.2) is 243 Å². The van der Waals surface area contributed by atoms with Gasteiger partial charge in [-0.05, 0) is 122 Å². The third kappa shape index (κ3) is 6.69. The molecule has 0 aromatic heterocycles. The lowest BCUT2D eigenvalue weighted by Gasteiger charge is -2.19. The lowest BCUT2D eigenvalue weighted by Crippen LogP contribution is -1.93. The van der Waals surface area contributed by atoms with Crippen LogP contribution in [0, 0.1) is 0 Å². The lowest BCUT2D eigenvalue weighted by atomic mass is 9.85. The highest BCUT2D eigenvalue weighted by Crippen LogP contribution is 2.45. The predicted octanol–water partition coefficient (Wildman–Crippen LogP) is 16.8. The fourth-order valence-corrected chi connectivity index (χ4v) is 9.49. The predicted molar refractivity (Wildman–Crippen MR) is 267 cm³/mol. The van der Waals surface area contributed by atoms with Crippen LogP contribution in [-0.4, -0.2) is 0 Å². The average molecular weight is 787 g/mol. The van der Waals surface area contributed by atoms with Crippen molar-refractivity contribution in [2.45, 2.75) is 0 Å². The third-order valence-corrected chi connectivity index (χ3v) is 12.3. The molecule has 0 aliphatic heterocycles. The molecule has 0 aliphatic carbocycles. The topological polar surface area (TPSA) is 0 Å². The van der Waals surface area contributed by atoms with Gasteiger partial charge in [0.2, 0.25) is 0 Å². The lowest BCUT2D eigenvalue weighted by molar-refractivity contribution is 1.56. The monoisotopic (exact) mass is 786 g/mol. The summed E-state index contributed by atoms with van der Waals surface area (Å²) in [4.78, 5) is 0. The van der Waals surface area contributed by atoms with Gasteiger partial charge in [-0.25, -0.2) is 0 Å². The molecule has 0 nitrogen and oxygen atoms in total. The standard InChI is InChI=1S/C62H42/c1-5-21-43(22-6-1)57(44-23-7-2-8-24-44)41-59-49-29-13-17-33-53(49)61(54-34-18-14-30-50(54)59)47-37-39-48(40-38-47)62-55-35-19-15-31-51(55)60(52-32-16-20-36-56(52)62)42-58(45-25-9-3-10-26-45)46-27-11-4-12-28-46/h1-42H. The Bertz CT molecular complexity index is 3020. The molecule has 11 rings (SSSR count). The molecule has 0 fully saturated rings. The summed E-state index contributed by atoms with van der Waals surface area (Å²) in [5, 5.41) is 9.91. The van der Waals surface area contributed by atoms with Crippen LogP contribution in [0.1, 0.15) is 33.4 Å². The summed E-state index contributed by atoms with van der Waals surface area (Å²) in [7, 11) is 0. The molecule has 290 valence electrons. The maximum absolute atomic E-state index is 2.40. The van der Waals surface area contributed by atoms with Crippen molar-refractivity contribution in [2.24, 2.45) is 0 Å². The van der Waals surface area contributed by atoms with Crippen molar-refractivity contribution >= 4 is 66.4 Å². The first-order chi connectivity index (χ1) is 30.8. The summed E-state index contributed by atoms with van der Waals surface area (Å²) in [6, 6.07) is 88.0. The Kier molecular flexibility index (Phi) is 9.65. The molecular weight excluding hydrogens is 745 g/mol. The fraction of sp³-hybridized carbons (Fsp3) is 0. The molecule has 0 heteroatoms. The van der Waals surface area contributed by atoms with Crippen LogP contribution in [0.2, 0.25) is 0 Å². The van der Waals surface area contributed by atoms with Crippen LogP contribution < -0.4 is 0 Å². The van der Waals surface area contributed by atoms with E-state index in [9.17, 15) is 0 Å². The van der Waals surface area contributed by atoms with E-state index in [4.69, 9.17) is 0 Å². The highest BCUT2D eigenvalue weighted by molar-refractivity contribution is 6.21. The van der Waals surface area contributed by atoms with Gasteiger partial charge in [0.25, 0.3) is 0 Å². The van der Waals surface area contributed by atoms with Crippen LogP contribution in [0.4, 0.5) is 0 Å². The average Bonchev–Trinajstić information content (AvgIpc) is 3.35. The summed E-state index contributed by atoms with van der Waals surface area (Å²) in [5.41, 5.74) is 14.6. The minimum absolute atomic E-state index is 1.20. The van der Waals surface area contributed by atoms with Gasteiger partial charge in [0, 0.05) is 0 Å². The van der Waals surface area contributed by atoms with Crippen molar-refractivity contribution in [3.05, 3.63) is 276 Å². The van der Waals surface area contributed by atoms with E-state index in [1.165, 1.54) is 110 Å². The summed E-state index contributed by atoms with van der Waals surface area (Å²) in [5.74, 6) is 0. The Labute approximate surface area is 363 Å². The van der Waals surface area contributed by atoms with Crippen LogP contribution in [0.5, 0.6) is 0 Å². The van der Waals surface area contributed by atoms with E-state index in [-0.39, 0.29) is 0 Å². The zero-order valence-corrected chi connectivity index (χ0v) is 34.2. The first kappa shape index (κ1) is 37.0. The molecule has 0 amide bonds. The van der Waals surface area contributed by atoms with Gasteiger partial charge in [0.15, 0.2) is 0 Å². The van der Waals surface area contributed by atoms with Crippen molar-refractivity contribution in [1.29, 1.82) is 0 Å². The second-order valence-electron chi connectivity index (χ2n) is 15.9. The van der Waals surface area contributed by atoms with E-state index < -0.39 is 0 Å². The highest BCUT2D eigenvalue weighted by atomic mass is 14.2. The molecular formula is C62H42. The molecule has 0 saturated carbocycles. The van der Waals surface area contributed by atoms with Crippen LogP contribution >= 0.6 is 0 Å². The Morgan fingerprint density at radius 3 is 0.661 bits per heavy atom. The molecule has 0 spiro atoms. The number of hydrogen-bond acceptors (Lipinski definition) is 0. The van der Waals surface area contributed by atoms with Gasteiger partial charge in [-0.2, -0.15) is 0 Å². The van der Waals surface area contributed by atoms with E-state index >= 15 is 0 Å². The second-order valence-corrected chi connectivity index (χ2v) is 15.9. The SMILES string of the molecule is C(=C(c1ccccc1)c1ccccc1)c1c2ccccc2c(-c2ccc(-c3c4ccccc4c(C=C(c4ccccc4)c4ccccc4)c4ccccc34)cc2)c2ccccc12. The Balaban J connectivity index is 1.09. The van der Waals surface area contributed by atoms with E-state index in [0.29, 0.717) is 0 Å². The number of rotatable bonds is 8. The van der Waals surface area contributed by atoms with Gasteiger partial charge >= 0.3 is 0 Å². The van der Waals surface area contributed by atoms with E-state index in [0.717, 1.165) is 0 Å². The molecule has 0 saturated heterocycles. The van der Waals surface area contributed by atoms with Crippen LogP contribution in [0.3, 0.4) is 0 Å². The van der Waals surface area contributed by atoms with Crippen molar-refractivity contribution in [1.82, 2.24) is 0 Å². The van der Waals surface area contributed by atoms with Crippen molar-refractivity contribution in [2.75, 3.05) is 0 Å². The largest absolute Gasteiger partial charge is 0.0622 e. The van der Waals surface area contributed by atoms with Gasteiger partial charge < -0.3 is 0 Å². The van der Waals surface area contributed by atoms with Crippen molar-refractivity contribution in [3.8, 4) is 22.3 Å². The minimum atomic E-state index is 1.20. The normalized spacial score (nSPS) is 11.2. The number of benzene rings is 11. The number of fused-ring (bicyclic) bond motifs is 4. The highest BCUT2D eigenvalue weighted by Gasteiger charge is 2.19. The van der Waals surface area contributed by atoms with Gasteiger partial charge in [-0.15, -0.1) is 0 Å². The smallest absolute Gasteiger partial charge is 0.00264 e. The van der Waals surface area contributed by atoms with Crippen LogP contribution in [-0.2, 0) is 0 Å². The molecule has 11 aromatic rings. The van der Waals surface area contributed by atoms with E-state index in [2.05, 4.69) is 255 Å². The number of hydrogen-bond donors (Lipinski definition) is 0. The van der Waals surface area contributed by atoms with E-state index in [1.54, 1.807) is 0 Å². The van der Waals surface area contributed by atoms with Crippen molar-refractivity contribution in [3.63, 3.8) is 0 Å². The van der Waals surface area contributed by atoms with E-state index in [1.807, 2.05) is 0 Å². The molecule has 0 N–H and O–H groups in total. The molecule has 0 aliphatic rings. The molecule has 62 heavy (non-hydrogen) atoms. The maximum Gasteiger partial charge on any atom is -0.00264 e.